The first-order valence-electron chi connectivity index (χ1n) is 9.63. The predicted molar refractivity (Wildman–Crippen MR) is 106 cm³/mol. The summed E-state index contributed by atoms with van der Waals surface area (Å²) in [6.45, 7) is 0.985. The van der Waals surface area contributed by atoms with Crippen molar-refractivity contribution >= 4 is 22.6 Å². The Hall–Kier alpha value is -2.89. The molecule has 0 saturated heterocycles. The third-order valence-corrected chi connectivity index (χ3v) is 5.21. The predicted octanol–water partition coefficient (Wildman–Crippen LogP) is 3.05. The summed E-state index contributed by atoms with van der Waals surface area (Å²) in [5.41, 5.74) is 3.39. The van der Waals surface area contributed by atoms with E-state index in [1.54, 1.807) is 16.8 Å². The minimum absolute atomic E-state index is 0.0300. The molecule has 3 heterocycles. The van der Waals surface area contributed by atoms with Gasteiger partial charge in [-0.1, -0.05) is 11.6 Å². The lowest BCUT2D eigenvalue weighted by atomic mass is 9.97. The van der Waals surface area contributed by atoms with Crippen molar-refractivity contribution in [2.75, 3.05) is 6.54 Å². The third kappa shape index (κ3) is 3.65. The third-order valence-electron chi connectivity index (χ3n) is 5.21. The summed E-state index contributed by atoms with van der Waals surface area (Å²) in [6, 6.07) is 7.43. The van der Waals surface area contributed by atoms with Crippen LogP contribution in [0.15, 0.2) is 53.1 Å². The molecule has 3 aromatic heterocycles. The topological polar surface area (TPSA) is 68.4 Å². The van der Waals surface area contributed by atoms with Crippen LogP contribution in [0.2, 0.25) is 0 Å². The minimum atomic E-state index is -0.119. The molecule has 6 heteroatoms. The van der Waals surface area contributed by atoms with E-state index in [1.165, 1.54) is 18.4 Å². The van der Waals surface area contributed by atoms with E-state index < -0.39 is 0 Å². The van der Waals surface area contributed by atoms with Gasteiger partial charge in [0.05, 0.1) is 5.52 Å². The van der Waals surface area contributed by atoms with E-state index in [9.17, 15) is 9.59 Å². The van der Waals surface area contributed by atoms with Gasteiger partial charge in [0, 0.05) is 31.9 Å². The molecular formula is C21H24N4O2. The van der Waals surface area contributed by atoms with Crippen molar-refractivity contribution in [2.24, 2.45) is 0 Å². The zero-order valence-electron chi connectivity index (χ0n) is 15.4. The number of carbonyl (C=O) groups is 1. The van der Waals surface area contributed by atoms with Crippen LogP contribution in [-0.4, -0.2) is 26.4 Å². The number of pyridine rings is 1. The molecule has 0 saturated carbocycles. The second-order valence-corrected chi connectivity index (χ2v) is 7.02. The normalized spacial score (nSPS) is 14.4. The van der Waals surface area contributed by atoms with E-state index >= 15 is 0 Å². The van der Waals surface area contributed by atoms with Crippen LogP contribution in [0, 0.1) is 0 Å². The molecule has 4 rings (SSSR count). The number of allylic oxidation sites excluding steroid dienone is 1. The fourth-order valence-corrected chi connectivity index (χ4v) is 3.79. The van der Waals surface area contributed by atoms with E-state index in [0.717, 1.165) is 24.8 Å². The van der Waals surface area contributed by atoms with Crippen LogP contribution < -0.4 is 10.9 Å². The molecular weight excluding hydrogens is 340 g/mol. The largest absolute Gasteiger partial charge is 0.356 e. The molecule has 140 valence electrons. The fourth-order valence-electron chi connectivity index (χ4n) is 3.79. The number of rotatable bonds is 6. The fraction of sp³-hybridized carbons (Fsp3) is 0.381. The molecule has 0 spiro atoms. The Labute approximate surface area is 157 Å². The van der Waals surface area contributed by atoms with Crippen LogP contribution in [-0.2, 0) is 11.3 Å². The number of hydrogen-bond acceptors (Lipinski definition) is 3. The summed E-state index contributed by atoms with van der Waals surface area (Å²) in [6.07, 6.45) is 11.9. The molecule has 0 aliphatic heterocycles. The Bertz CT molecular complexity index is 1060. The maximum absolute atomic E-state index is 12.8. The molecule has 6 nitrogen and oxygen atoms in total. The number of aryl methyl sites for hydroxylation is 1. The number of nitrogens with zero attached hydrogens (tertiary/aromatic N) is 3. The molecule has 1 aliphatic carbocycles. The van der Waals surface area contributed by atoms with E-state index in [2.05, 4.69) is 16.4 Å². The average molecular weight is 364 g/mol. The Balaban J connectivity index is 1.45. The van der Waals surface area contributed by atoms with E-state index in [-0.39, 0.29) is 17.9 Å². The van der Waals surface area contributed by atoms with Crippen molar-refractivity contribution in [1.82, 2.24) is 19.3 Å². The number of amides is 1. The van der Waals surface area contributed by atoms with Crippen LogP contribution in [0.4, 0.5) is 0 Å². The summed E-state index contributed by atoms with van der Waals surface area (Å²) < 4.78 is 3.45. The molecule has 0 fully saturated rings. The quantitative estimate of drug-likeness (QED) is 0.684. The average Bonchev–Trinajstić information content (AvgIpc) is 3.19. The Morgan fingerprint density at radius 3 is 2.93 bits per heavy atom. The molecule has 0 atom stereocenters. The Morgan fingerprint density at radius 2 is 2.07 bits per heavy atom. The smallest absolute Gasteiger partial charge is 0.276 e. The van der Waals surface area contributed by atoms with E-state index in [4.69, 9.17) is 0 Å². The van der Waals surface area contributed by atoms with Gasteiger partial charge in [-0.3, -0.25) is 14.2 Å². The SMILES string of the molecule is O=C(CCn1c(=O)c2cccn2c2cccnc21)NCCC1=CCCCC1. The lowest BCUT2D eigenvalue weighted by molar-refractivity contribution is -0.121. The lowest BCUT2D eigenvalue weighted by Gasteiger charge is -2.14. The van der Waals surface area contributed by atoms with Crippen molar-refractivity contribution in [1.29, 1.82) is 0 Å². The number of fused-ring (bicyclic) bond motifs is 3. The van der Waals surface area contributed by atoms with Gasteiger partial charge in [0.2, 0.25) is 5.91 Å². The van der Waals surface area contributed by atoms with Gasteiger partial charge in [0.1, 0.15) is 5.52 Å². The highest BCUT2D eigenvalue weighted by Crippen LogP contribution is 2.19. The summed E-state index contributed by atoms with van der Waals surface area (Å²) in [5, 5.41) is 2.98. The van der Waals surface area contributed by atoms with Crippen LogP contribution in [0.5, 0.6) is 0 Å². The van der Waals surface area contributed by atoms with Crippen molar-refractivity contribution < 1.29 is 4.79 Å². The summed E-state index contributed by atoms with van der Waals surface area (Å²) in [5.74, 6) is -0.0300. The molecule has 0 aromatic carbocycles. The molecule has 3 aromatic rings. The summed E-state index contributed by atoms with van der Waals surface area (Å²) >= 11 is 0. The van der Waals surface area contributed by atoms with E-state index in [0.29, 0.717) is 24.3 Å². The highest BCUT2D eigenvalue weighted by molar-refractivity contribution is 5.77. The van der Waals surface area contributed by atoms with Gasteiger partial charge in [-0.2, -0.15) is 0 Å². The van der Waals surface area contributed by atoms with Gasteiger partial charge in [-0.25, -0.2) is 4.98 Å². The van der Waals surface area contributed by atoms with Gasteiger partial charge in [-0.15, -0.1) is 0 Å². The van der Waals surface area contributed by atoms with E-state index in [1.807, 2.05) is 28.8 Å². The highest BCUT2D eigenvalue weighted by Gasteiger charge is 2.12. The molecule has 0 unspecified atom stereocenters. The van der Waals surface area contributed by atoms with Crippen molar-refractivity contribution in [3.8, 4) is 0 Å². The van der Waals surface area contributed by atoms with Crippen molar-refractivity contribution in [3.63, 3.8) is 0 Å². The second kappa shape index (κ2) is 7.78. The Kier molecular flexibility index (Phi) is 5.05. The van der Waals surface area contributed by atoms with Gasteiger partial charge in [-0.05, 0) is 56.4 Å². The zero-order chi connectivity index (χ0) is 18.6. The van der Waals surface area contributed by atoms with Gasteiger partial charge in [0.25, 0.3) is 5.56 Å². The van der Waals surface area contributed by atoms with Crippen LogP contribution in [0.1, 0.15) is 38.5 Å². The van der Waals surface area contributed by atoms with Gasteiger partial charge >= 0.3 is 0 Å². The molecule has 0 bridgehead atoms. The zero-order valence-corrected chi connectivity index (χ0v) is 15.4. The highest BCUT2D eigenvalue weighted by atomic mass is 16.2. The first kappa shape index (κ1) is 17.5. The Morgan fingerprint density at radius 1 is 1.19 bits per heavy atom. The number of aromatic nitrogens is 3. The van der Waals surface area contributed by atoms with Gasteiger partial charge in [0.15, 0.2) is 5.65 Å². The van der Waals surface area contributed by atoms with Crippen molar-refractivity contribution in [2.45, 2.75) is 45.1 Å². The van der Waals surface area contributed by atoms with Gasteiger partial charge < -0.3 is 9.72 Å². The first-order valence-corrected chi connectivity index (χ1v) is 9.63. The molecule has 27 heavy (non-hydrogen) atoms. The summed E-state index contributed by atoms with van der Waals surface area (Å²) in [7, 11) is 0. The number of carbonyl (C=O) groups excluding carboxylic acids is 1. The maximum atomic E-state index is 12.8. The second-order valence-electron chi connectivity index (χ2n) is 7.02. The molecule has 1 N–H and O–H groups in total. The van der Waals surface area contributed by atoms with Crippen molar-refractivity contribution in [3.05, 3.63) is 58.7 Å². The summed E-state index contributed by atoms with van der Waals surface area (Å²) in [4.78, 5) is 29.4. The maximum Gasteiger partial charge on any atom is 0.276 e. The monoisotopic (exact) mass is 364 g/mol. The van der Waals surface area contributed by atoms with Crippen LogP contribution >= 0.6 is 0 Å². The number of hydrogen-bond donors (Lipinski definition) is 1. The molecule has 1 amide bonds. The standard InChI is InChI=1S/C21H24N4O2/c26-19(22-13-10-16-6-2-1-3-7-16)11-15-25-20-17(8-4-12-23-20)24-14-5-9-18(24)21(25)27/h4-6,8-9,12,14H,1-3,7,10-11,13,15H2,(H,22,26). The van der Waals surface area contributed by atoms with Crippen LogP contribution in [0.3, 0.4) is 0 Å². The minimum Gasteiger partial charge on any atom is -0.356 e. The van der Waals surface area contributed by atoms with Crippen LogP contribution in [0.25, 0.3) is 16.7 Å². The number of nitrogens with one attached hydrogen (secondary N) is 1. The molecule has 0 radical (unpaired) electrons. The molecule has 1 aliphatic rings. The first-order chi connectivity index (χ1) is 13.2. The lowest BCUT2D eigenvalue weighted by Crippen LogP contribution is -2.29.